The third-order valence-electron chi connectivity index (χ3n) is 4.16. The van der Waals surface area contributed by atoms with E-state index < -0.39 is 0 Å². The third kappa shape index (κ3) is 6.93. The minimum absolute atomic E-state index is 0.0678. The summed E-state index contributed by atoms with van der Waals surface area (Å²) in [6, 6.07) is 18.0. The molecule has 2 aromatic carbocycles. The molecule has 0 spiro atoms. The lowest BCUT2D eigenvalue weighted by Gasteiger charge is -2.09. The molecular formula is C22H21ClN4O2. The van der Waals surface area contributed by atoms with E-state index in [2.05, 4.69) is 20.9 Å². The highest BCUT2D eigenvalue weighted by atomic mass is 35.5. The average Bonchev–Trinajstić information content (AvgIpc) is 2.73. The van der Waals surface area contributed by atoms with Crippen molar-refractivity contribution in [3.8, 4) is 0 Å². The van der Waals surface area contributed by atoms with Crippen molar-refractivity contribution >= 4 is 29.2 Å². The number of nitrogens with one attached hydrogen (secondary N) is 3. The first kappa shape index (κ1) is 20.4. The summed E-state index contributed by atoms with van der Waals surface area (Å²) in [5.74, 6) is -0.0678. The summed E-state index contributed by atoms with van der Waals surface area (Å²) in [7, 11) is 0. The number of aromatic nitrogens is 1. The number of nitrogens with zero attached hydrogens (tertiary/aromatic N) is 1. The molecule has 148 valence electrons. The van der Waals surface area contributed by atoms with Crippen molar-refractivity contribution in [2.75, 3.05) is 5.32 Å². The molecule has 3 aromatic rings. The number of carbonyl (C=O) groups is 2. The molecular weight excluding hydrogens is 388 g/mol. The summed E-state index contributed by atoms with van der Waals surface area (Å²) >= 11 is 5.85. The van der Waals surface area contributed by atoms with Crippen LogP contribution in [0.5, 0.6) is 0 Å². The van der Waals surface area contributed by atoms with Gasteiger partial charge in [0.15, 0.2) is 0 Å². The van der Waals surface area contributed by atoms with Crippen LogP contribution in [-0.2, 0) is 24.3 Å². The van der Waals surface area contributed by atoms with E-state index in [1.54, 1.807) is 42.7 Å². The number of halogens is 1. The van der Waals surface area contributed by atoms with Gasteiger partial charge in [-0.05, 0) is 47.0 Å². The molecule has 0 radical (unpaired) electrons. The minimum Gasteiger partial charge on any atom is -0.352 e. The molecule has 1 heterocycles. The number of pyridine rings is 1. The number of benzene rings is 2. The van der Waals surface area contributed by atoms with Gasteiger partial charge in [-0.1, -0.05) is 41.9 Å². The van der Waals surface area contributed by atoms with E-state index in [0.717, 1.165) is 16.7 Å². The van der Waals surface area contributed by atoms with Gasteiger partial charge >= 0.3 is 6.03 Å². The highest BCUT2D eigenvalue weighted by molar-refractivity contribution is 6.30. The second-order valence-electron chi connectivity index (χ2n) is 6.45. The largest absolute Gasteiger partial charge is 0.352 e. The lowest BCUT2D eigenvalue weighted by Crippen LogP contribution is -2.28. The summed E-state index contributed by atoms with van der Waals surface area (Å²) in [5.41, 5.74) is 3.44. The Hall–Kier alpha value is -3.38. The molecule has 0 aliphatic heterocycles. The SMILES string of the molecule is O=C(Cc1cccnc1)NCc1ccc(NC(=O)NCc2ccc(Cl)cc2)cc1. The Labute approximate surface area is 174 Å². The maximum atomic E-state index is 12.0. The summed E-state index contributed by atoms with van der Waals surface area (Å²) in [5, 5.41) is 9.10. The Bertz CT molecular complexity index is 945. The number of urea groups is 1. The maximum absolute atomic E-state index is 12.0. The van der Waals surface area contributed by atoms with Crippen molar-refractivity contribution in [3.63, 3.8) is 0 Å². The molecule has 1 aromatic heterocycles. The fraction of sp³-hybridized carbons (Fsp3) is 0.136. The zero-order valence-corrected chi connectivity index (χ0v) is 16.4. The molecule has 3 amide bonds. The molecule has 0 bridgehead atoms. The van der Waals surface area contributed by atoms with E-state index in [4.69, 9.17) is 11.6 Å². The predicted octanol–water partition coefficient (Wildman–Crippen LogP) is 3.92. The highest BCUT2D eigenvalue weighted by Crippen LogP contribution is 2.11. The smallest absolute Gasteiger partial charge is 0.319 e. The van der Waals surface area contributed by atoms with Gasteiger partial charge in [0.05, 0.1) is 6.42 Å². The van der Waals surface area contributed by atoms with E-state index in [1.807, 2.05) is 30.3 Å². The summed E-state index contributed by atoms with van der Waals surface area (Å²) in [4.78, 5) is 28.0. The highest BCUT2D eigenvalue weighted by Gasteiger charge is 2.05. The monoisotopic (exact) mass is 408 g/mol. The van der Waals surface area contributed by atoms with Gasteiger partial charge in [0.2, 0.25) is 5.91 Å². The topological polar surface area (TPSA) is 83.1 Å². The molecule has 0 unspecified atom stereocenters. The van der Waals surface area contributed by atoms with Gasteiger partial charge in [-0.15, -0.1) is 0 Å². The maximum Gasteiger partial charge on any atom is 0.319 e. The molecule has 0 atom stereocenters. The normalized spacial score (nSPS) is 10.2. The van der Waals surface area contributed by atoms with E-state index in [0.29, 0.717) is 30.2 Å². The van der Waals surface area contributed by atoms with Crippen LogP contribution in [0.2, 0.25) is 5.02 Å². The fourth-order valence-electron chi connectivity index (χ4n) is 2.62. The van der Waals surface area contributed by atoms with Gasteiger partial charge < -0.3 is 16.0 Å². The number of hydrogen-bond donors (Lipinski definition) is 3. The Morgan fingerprint density at radius 3 is 2.14 bits per heavy atom. The minimum atomic E-state index is -0.294. The van der Waals surface area contributed by atoms with Gasteiger partial charge in [-0.2, -0.15) is 0 Å². The van der Waals surface area contributed by atoms with Crippen LogP contribution in [0.1, 0.15) is 16.7 Å². The van der Waals surface area contributed by atoms with Crippen LogP contribution < -0.4 is 16.0 Å². The zero-order valence-electron chi connectivity index (χ0n) is 15.7. The molecule has 29 heavy (non-hydrogen) atoms. The van der Waals surface area contributed by atoms with Gasteiger partial charge in [0.1, 0.15) is 0 Å². The predicted molar refractivity (Wildman–Crippen MR) is 114 cm³/mol. The Balaban J connectivity index is 1.41. The van der Waals surface area contributed by atoms with Crippen LogP contribution in [-0.4, -0.2) is 16.9 Å². The second-order valence-corrected chi connectivity index (χ2v) is 6.88. The van der Waals surface area contributed by atoms with Crippen molar-refractivity contribution in [2.24, 2.45) is 0 Å². The number of hydrogen-bond acceptors (Lipinski definition) is 3. The van der Waals surface area contributed by atoms with E-state index in [1.165, 1.54) is 0 Å². The van der Waals surface area contributed by atoms with Crippen LogP contribution in [0.15, 0.2) is 73.1 Å². The lowest BCUT2D eigenvalue weighted by molar-refractivity contribution is -0.120. The number of amides is 3. The van der Waals surface area contributed by atoms with E-state index in [-0.39, 0.29) is 11.9 Å². The van der Waals surface area contributed by atoms with Crippen molar-refractivity contribution in [2.45, 2.75) is 19.5 Å². The summed E-state index contributed by atoms with van der Waals surface area (Å²) in [6.45, 7) is 0.826. The van der Waals surface area contributed by atoms with Crippen molar-refractivity contribution < 1.29 is 9.59 Å². The van der Waals surface area contributed by atoms with Crippen molar-refractivity contribution in [1.82, 2.24) is 15.6 Å². The third-order valence-corrected chi connectivity index (χ3v) is 4.41. The van der Waals surface area contributed by atoms with Crippen molar-refractivity contribution in [3.05, 3.63) is 94.8 Å². The van der Waals surface area contributed by atoms with Gasteiger partial charge in [-0.3, -0.25) is 9.78 Å². The number of rotatable bonds is 7. The Morgan fingerprint density at radius 1 is 0.828 bits per heavy atom. The molecule has 7 heteroatoms. The molecule has 0 saturated carbocycles. The van der Waals surface area contributed by atoms with Gasteiger partial charge in [0.25, 0.3) is 0 Å². The van der Waals surface area contributed by atoms with Crippen molar-refractivity contribution in [1.29, 1.82) is 0 Å². The Morgan fingerprint density at radius 2 is 1.48 bits per heavy atom. The molecule has 6 nitrogen and oxygen atoms in total. The van der Waals surface area contributed by atoms with Crippen LogP contribution in [0.25, 0.3) is 0 Å². The molecule has 0 aliphatic rings. The van der Waals surface area contributed by atoms with Crippen LogP contribution >= 0.6 is 11.6 Å². The standard InChI is InChI=1S/C22H21ClN4O2/c23-19-7-3-16(4-8-19)15-26-22(29)27-20-9-5-17(6-10-20)14-25-21(28)12-18-2-1-11-24-13-18/h1-11,13H,12,14-15H2,(H,25,28)(H2,26,27,29). The fourth-order valence-corrected chi connectivity index (χ4v) is 2.74. The van der Waals surface area contributed by atoms with E-state index in [9.17, 15) is 9.59 Å². The molecule has 0 fully saturated rings. The van der Waals surface area contributed by atoms with Crippen LogP contribution in [0.4, 0.5) is 10.5 Å². The van der Waals surface area contributed by atoms with Crippen LogP contribution in [0, 0.1) is 0 Å². The molecule has 3 rings (SSSR count). The second kappa shape index (κ2) is 10.2. The zero-order chi connectivity index (χ0) is 20.5. The van der Waals surface area contributed by atoms with Gasteiger partial charge in [-0.25, -0.2) is 4.79 Å². The quantitative estimate of drug-likeness (QED) is 0.554. The average molecular weight is 409 g/mol. The van der Waals surface area contributed by atoms with Crippen LogP contribution in [0.3, 0.4) is 0 Å². The first-order valence-electron chi connectivity index (χ1n) is 9.12. The first-order valence-corrected chi connectivity index (χ1v) is 9.50. The number of carbonyl (C=O) groups excluding carboxylic acids is 2. The number of anilines is 1. The van der Waals surface area contributed by atoms with Gasteiger partial charge in [0, 0.05) is 36.2 Å². The molecule has 0 aliphatic carbocycles. The first-order chi connectivity index (χ1) is 14.1. The van der Waals surface area contributed by atoms with E-state index >= 15 is 0 Å². The lowest BCUT2D eigenvalue weighted by atomic mass is 10.2. The molecule has 3 N–H and O–H groups in total. The Kier molecular flexibility index (Phi) is 7.19. The summed E-state index contributed by atoms with van der Waals surface area (Å²) < 4.78 is 0. The summed E-state index contributed by atoms with van der Waals surface area (Å²) in [6.07, 6.45) is 3.65. The molecule has 0 saturated heterocycles.